The van der Waals surface area contributed by atoms with Crippen molar-refractivity contribution in [2.24, 2.45) is 11.8 Å². The van der Waals surface area contributed by atoms with E-state index < -0.39 is 126 Å². The van der Waals surface area contributed by atoms with Crippen molar-refractivity contribution in [3.8, 4) is 5.75 Å². The summed E-state index contributed by atoms with van der Waals surface area (Å²) >= 11 is 0. The highest BCUT2D eigenvalue weighted by molar-refractivity contribution is 6.42. The minimum Gasteiger partial charge on any atom is -0.508 e. The number of nitrogens with zero attached hydrogens (tertiary/aromatic N) is 2. The Balaban J connectivity index is 1.42. The summed E-state index contributed by atoms with van der Waals surface area (Å²) in [5, 5.41) is 57.2. The number of Topliss-reactive ketones (excluding diaryl/α,β-unsaturated/α-hetero) is 5. The normalized spacial score (nSPS) is 15.5. The number of benzene rings is 3. The van der Waals surface area contributed by atoms with Gasteiger partial charge in [-0.3, -0.25) is 96.0 Å². The number of aliphatic hydroxyl groups is 1. The zero-order valence-corrected chi connectivity index (χ0v) is 59.9. The topological polar surface area (TPSA) is 422 Å². The summed E-state index contributed by atoms with van der Waals surface area (Å²) in [7, 11) is 0. The minimum absolute atomic E-state index is 0.0628. The van der Waals surface area contributed by atoms with Crippen molar-refractivity contribution in [3.63, 3.8) is 0 Å². The molecule has 4 aromatic rings. The molecule has 2 heterocycles. The molecule has 1 fully saturated rings. The molecule has 5 amide bonds. The molecule has 29 heteroatoms. The van der Waals surface area contributed by atoms with Gasteiger partial charge in [0.1, 0.15) is 36.5 Å². The van der Waals surface area contributed by atoms with Gasteiger partial charge in [0.15, 0.2) is 5.78 Å². The third-order valence-corrected chi connectivity index (χ3v) is 17.4. The lowest BCUT2D eigenvalue weighted by Gasteiger charge is -2.31. The number of carbonyl (C=O) groups is 10. The van der Waals surface area contributed by atoms with E-state index in [9.17, 15) is 53.4 Å². The average Bonchev–Trinajstić information content (AvgIpc) is 1.75. The van der Waals surface area contributed by atoms with Crippen LogP contribution in [0.1, 0.15) is 130 Å². The molecule has 1 saturated heterocycles. The zero-order chi connectivity index (χ0) is 73.8. The van der Waals surface area contributed by atoms with E-state index >= 15 is 4.79 Å². The molecule has 3 aromatic carbocycles. The summed E-state index contributed by atoms with van der Waals surface area (Å²) in [4.78, 5) is 147. The lowest BCUT2D eigenvalue weighted by Crippen LogP contribution is -2.61. The number of hydrazine groups is 2. The van der Waals surface area contributed by atoms with Crippen LogP contribution >= 0.6 is 0 Å². The number of rotatable bonds is 51. The molecule has 5 rings (SSSR count). The molecule has 0 radical (unpaired) electrons. The first-order chi connectivity index (χ1) is 48.5. The predicted octanol–water partition coefficient (Wildman–Crippen LogP) is -0.0313. The Morgan fingerprint density at radius 1 is 0.564 bits per heavy atom. The Kier molecular flexibility index (Phi) is 37.4. The van der Waals surface area contributed by atoms with Crippen molar-refractivity contribution < 1.29 is 58.2 Å². The van der Waals surface area contributed by atoms with Gasteiger partial charge in [0.25, 0.3) is 0 Å². The minimum atomic E-state index is -1.83. The maximum atomic E-state index is 15.0. The molecule has 29 nitrogen and oxygen atoms in total. The molecule has 0 saturated carbocycles. The fraction of sp³-hybridized carbons (Fsp3) is 0.569. The van der Waals surface area contributed by atoms with Crippen LogP contribution in [0.3, 0.4) is 0 Å². The van der Waals surface area contributed by atoms with Crippen LogP contribution in [0.4, 0.5) is 0 Å². The summed E-state index contributed by atoms with van der Waals surface area (Å²) in [6.07, 6.45) is 5.55. The van der Waals surface area contributed by atoms with Gasteiger partial charge in [0.2, 0.25) is 52.7 Å². The number of nitrogens with two attached hydrogens (primary N) is 1. The Hall–Kier alpha value is -7.91. The van der Waals surface area contributed by atoms with Gasteiger partial charge in [-0.2, -0.15) is 0 Å². The second-order valence-corrected chi connectivity index (χ2v) is 25.9. The Morgan fingerprint density at radius 2 is 1.11 bits per heavy atom. The van der Waals surface area contributed by atoms with E-state index in [-0.39, 0.29) is 75.7 Å². The van der Waals surface area contributed by atoms with E-state index in [2.05, 4.69) is 79.7 Å². The van der Waals surface area contributed by atoms with Gasteiger partial charge in [-0.05, 0) is 168 Å². The molecule has 101 heavy (non-hydrogen) atoms. The molecular weight excluding hydrogens is 1290 g/mol. The number of ketones is 5. The highest BCUT2D eigenvalue weighted by Crippen LogP contribution is 2.23. The molecule has 1 aromatic heterocycles. The maximum Gasteiger partial charge on any atom is 0.245 e. The fourth-order valence-corrected chi connectivity index (χ4v) is 12.0. The lowest BCUT2D eigenvalue weighted by molar-refractivity contribution is -0.145. The van der Waals surface area contributed by atoms with Gasteiger partial charge < -0.3 is 36.4 Å². The second-order valence-electron chi connectivity index (χ2n) is 25.9. The number of fused-ring (bicyclic) bond motifs is 1. The van der Waals surface area contributed by atoms with E-state index in [1.165, 1.54) is 55.4 Å². The summed E-state index contributed by atoms with van der Waals surface area (Å²) in [6.45, 7) is 16.9. The zero-order valence-electron chi connectivity index (χ0n) is 59.9. The number of hydrogen-bond acceptors (Lipinski definition) is 24. The van der Waals surface area contributed by atoms with Gasteiger partial charge in [0.05, 0.1) is 49.4 Å². The molecule has 556 valence electrons. The van der Waals surface area contributed by atoms with Crippen LogP contribution < -0.4 is 80.6 Å². The monoisotopic (exact) mass is 1410 g/mol. The number of phenolic OH excluding ortho intramolecular Hbond substituents is 1. The Bertz CT molecular complexity index is 3260. The number of nitrogens with one attached hydrogen (secondary N) is 14. The van der Waals surface area contributed by atoms with Crippen molar-refractivity contribution >= 4 is 69.2 Å². The predicted molar refractivity (Wildman–Crippen MR) is 386 cm³/mol. The largest absolute Gasteiger partial charge is 0.508 e. The molecular formula is C72H111N17O12. The third-order valence-electron chi connectivity index (χ3n) is 17.4. The standard InChI is InChI=1S/C72H111N17O12/c1-9-75-71(76-10-2)79-34-17-15-24-54(67(98)84-59(37-45(5)6)69(100)83-55(25-16-18-35-80-72(77-11-3)78-12-4)70(101)89-36-20-26-61(89)66(97)63(94)46(7)86-73)87-88-57(39-48-28-31-53(92)32-29-48)64(95)65(96)60(44-90)85-68(99)58(41-50-21-19-33-74-42-50)81-43-62(93)56(82-47(8)91)40-49-27-30-51-22-13-14-23-52(51)38-49/h13-14,19,21-23,27-33,38,42,45-46,54-61,71-72,75-81,86-88,90,92H,9-12,15-18,20,24-26,34-37,39-41,43-44,73H2,1-8H3,(H,82,91)(H,83,100)(H,84,98)(H,85,99)/t46?,54?,55?,56?,57-,58?,59-,60-,61-/m0/s1. The SMILES string of the molecule is CCNC(NCC)NCCCCC(NN[C@@H](Cc1ccc(O)cc1)C(=O)C(=O)[C@H](CO)NC(=O)C(Cc1cccnc1)NCC(=O)C(Cc1ccc2ccccc2c1)NC(C)=O)C(=O)N[C@@H](CC(C)C)C(=O)NC(CCCCNC(NCC)NCC)C(=O)N1CCC[C@H]1C(=O)C(=O)C(C)NN. The first-order valence-corrected chi connectivity index (χ1v) is 35.6. The smallest absolute Gasteiger partial charge is 0.245 e. The van der Waals surface area contributed by atoms with Crippen LogP contribution in [-0.2, 0) is 67.2 Å². The van der Waals surface area contributed by atoms with Crippen LogP contribution in [0.5, 0.6) is 5.75 Å². The van der Waals surface area contributed by atoms with Crippen molar-refractivity contribution in [2.45, 2.75) is 199 Å². The molecule has 0 bridgehead atoms. The van der Waals surface area contributed by atoms with E-state index in [1.807, 2.05) is 84.0 Å². The maximum absolute atomic E-state index is 15.0. The van der Waals surface area contributed by atoms with Crippen molar-refractivity contribution in [1.82, 2.24) is 84.6 Å². The lowest BCUT2D eigenvalue weighted by atomic mass is 9.96. The number of aromatic hydroxyl groups is 1. The van der Waals surface area contributed by atoms with E-state index in [0.717, 1.165) is 16.3 Å². The van der Waals surface area contributed by atoms with Gasteiger partial charge in [0, 0.05) is 25.9 Å². The molecule has 1 aliphatic rings. The summed E-state index contributed by atoms with van der Waals surface area (Å²) in [5.74, 6) is -2.36. The highest BCUT2D eigenvalue weighted by atomic mass is 16.3. The Morgan fingerprint density at radius 3 is 1.69 bits per heavy atom. The van der Waals surface area contributed by atoms with Crippen molar-refractivity contribution in [2.75, 3.05) is 59.0 Å². The molecule has 18 N–H and O–H groups in total. The van der Waals surface area contributed by atoms with E-state index in [1.54, 1.807) is 12.1 Å². The molecule has 1 aliphatic heterocycles. The van der Waals surface area contributed by atoms with Gasteiger partial charge >= 0.3 is 0 Å². The fourth-order valence-electron chi connectivity index (χ4n) is 12.0. The van der Waals surface area contributed by atoms with Gasteiger partial charge in [-0.1, -0.05) is 109 Å². The molecule has 0 spiro atoms. The second kappa shape index (κ2) is 45.2. The number of aromatic nitrogens is 1. The number of likely N-dealkylation sites (tertiary alicyclic amines) is 1. The van der Waals surface area contributed by atoms with E-state index in [0.29, 0.717) is 82.5 Å². The number of unbranched alkanes of at least 4 members (excludes halogenated alkanes) is 2. The Labute approximate surface area is 593 Å². The molecule has 0 aliphatic carbocycles. The first kappa shape index (κ1) is 83.7. The van der Waals surface area contributed by atoms with Crippen LogP contribution in [0.15, 0.2) is 91.3 Å². The number of amides is 5. The quantitative estimate of drug-likeness (QED) is 0.00907. The summed E-state index contributed by atoms with van der Waals surface area (Å²) < 4.78 is 0. The summed E-state index contributed by atoms with van der Waals surface area (Å²) in [6, 6.07) is 11.3. The average molecular weight is 1410 g/mol. The van der Waals surface area contributed by atoms with Crippen LogP contribution in [-0.4, -0.2) is 204 Å². The summed E-state index contributed by atoms with van der Waals surface area (Å²) in [5.41, 5.74) is 10.0. The highest BCUT2D eigenvalue weighted by Gasteiger charge is 2.42. The van der Waals surface area contributed by atoms with E-state index in [4.69, 9.17) is 5.84 Å². The number of carbonyl (C=O) groups excluding carboxylic acids is 10. The van der Waals surface area contributed by atoms with Gasteiger partial charge in [-0.15, -0.1) is 0 Å². The van der Waals surface area contributed by atoms with Gasteiger partial charge in [-0.25, -0.2) is 16.3 Å². The third kappa shape index (κ3) is 28.4. The molecule has 5 unspecified atom stereocenters. The van der Waals surface area contributed by atoms with Crippen molar-refractivity contribution in [3.05, 3.63) is 108 Å². The number of phenols is 1. The first-order valence-electron chi connectivity index (χ1n) is 35.6. The van der Waals surface area contributed by atoms with Crippen LogP contribution in [0, 0.1) is 5.92 Å². The number of hydrogen-bond donors (Lipinski definition) is 17. The van der Waals surface area contributed by atoms with Crippen LogP contribution in [0.25, 0.3) is 10.8 Å². The number of aliphatic hydroxyl groups excluding tert-OH is 1. The molecule has 9 atom stereocenters. The van der Waals surface area contributed by atoms with Crippen LogP contribution in [0.2, 0.25) is 0 Å². The van der Waals surface area contributed by atoms with Crippen molar-refractivity contribution in [1.29, 1.82) is 0 Å². The number of pyridine rings is 1.